The van der Waals surface area contributed by atoms with Gasteiger partial charge in [0.15, 0.2) is 0 Å². The number of ether oxygens (including phenoxy) is 1. The van der Waals surface area contributed by atoms with E-state index in [2.05, 4.69) is 9.97 Å². The van der Waals surface area contributed by atoms with E-state index < -0.39 is 27.3 Å². The first-order chi connectivity index (χ1) is 10.5. The molecule has 0 aromatic carbocycles. The number of fused-ring (bicyclic) bond motifs is 1. The van der Waals surface area contributed by atoms with Gasteiger partial charge in [0, 0.05) is 31.1 Å². The van der Waals surface area contributed by atoms with Crippen molar-refractivity contribution in [3.8, 4) is 0 Å². The number of nitrogens with zero attached hydrogens (tertiary/aromatic N) is 3. The van der Waals surface area contributed by atoms with Crippen LogP contribution in [0.3, 0.4) is 0 Å². The topological polar surface area (TPSA) is 107 Å². The van der Waals surface area contributed by atoms with Gasteiger partial charge >= 0.3 is 5.97 Å². The number of hydrogen-bond donors (Lipinski definition) is 0. The van der Waals surface area contributed by atoms with E-state index in [0.29, 0.717) is 5.56 Å². The van der Waals surface area contributed by atoms with Gasteiger partial charge in [-0.2, -0.15) is 0 Å². The first-order valence-electron chi connectivity index (χ1n) is 7.04. The van der Waals surface area contributed by atoms with Gasteiger partial charge in [0.25, 0.3) is 5.91 Å². The van der Waals surface area contributed by atoms with E-state index in [0.717, 1.165) is 6.26 Å². The molecule has 23 heavy (non-hydrogen) atoms. The maximum Gasteiger partial charge on any atom is 0.308 e. The van der Waals surface area contributed by atoms with Gasteiger partial charge < -0.3 is 9.64 Å². The van der Waals surface area contributed by atoms with Gasteiger partial charge in [0.05, 0.1) is 6.42 Å². The summed E-state index contributed by atoms with van der Waals surface area (Å²) in [5.41, 5.74) is 0.0430. The number of amides is 1. The maximum absolute atomic E-state index is 12.3. The van der Waals surface area contributed by atoms with Crippen LogP contribution in [0, 0.1) is 0 Å². The quantitative estimate of drug-likeness (QED) is 0.582. The number of hydrogen-bond acceptors (Lipinski definition) is 7. The van der Waals surface area contributed by atoms with Crippen molar-refractivity contribution >= 4 is 21.7 Å². The molecule has 0 saturated heterocycles. The van der Waals surface area contributed by atoms with E-state index in [9.17, 15) is 18.0 Å². The van der Waals surface area contributed by atoms with Crippen LogP contribution < -0.4 is 0 Å². The molecule has 8 nitrogen and oxygen atoms in total. The minimum Gasteiger partial charge on any atom is -0.460 e. The fourth-order valence-corrected chi connectivity index (χ4v) is 2.60. The number of carbonyl (C=O) groups excluding carboxylic acids is 2. The maximum atomic E-state index is 12.3. The summed E-state index contributed by atoms with van der Waals surface area (Å²) >= 11 is 0. The smallest absolute Gasteiger partial charge is 0.308 e. The second-order valence-electron chi connectivity index (χ2n) is 6.36. The third kappa shape index (κ3) is 4.25. The minimum absolute atomic E-state index is 0.0589. The lowest BCUT2D eigenvalue weighted by Gasteiger charge is -2.21. The van der Waals surface area contributed by atoms with Gasteiger partial charge in [-0.3, -0.25) is 9.59 Å². The largest absolute Gasteiger partial charge is 0.460 e. The normalized spacial score (nSPS) is 14.8. The Morgan fingerprint density at radius 3 is 2.61 bits per heavy atom. The number of esters is 1. The zero-order valence-corrected chi connectivity index (χ0v) is 14.3. The van der Waals surface area contributed by atoms with Crippen molar-refractivity contribution in [2.45, 2.75) is 44.5 Å². The number of carbonyl (C=O) groups is 2. The van der Waals surface area contributed by atoms with E-state index in [1.165, 1.54) is 11.1 Å². The predicted octanol–water partition coefficient (Wildman–Crippen LogP) is 0.568. The summed E-state index contributed by atoms with van der Waals surface area (Å²) in [6.45, 7) is 5.73. The van der Waals surface area contributed by atoms with Gasteiger partial charge in [0.2, 0.25) is 15.0 Å². The van der Waals surface area contributed by atoms with Crippen LogP contribution in [0.15, 0.2) is 11.4 Å². The lowest BCUT2D eigenvalue weighted by Crippen LogP contribution is -2.30. The molecular weight excluding hydrogens is 322 g/mol. The highest BCUT2D eigenvalue weighted by atomic mass is 32.2. The second-order valence-corrected chi connectivity index (χ2v) is 8.27. The Morgan fingerprint density at radius 2 is 2.04 bits per heavy atom. The number of sulfone groups is 1. The van der Waals surface area contributed by atoms with Crippen molar-refractivity contribution in [1.29, 1.82) is 0 Å². The summed E-state index contributed by atoms with van der Waals surface area (Å²) < 4.78 is 28.1. The first-order valence-corrected chi connectivity index (χ1v) is 8.93. The van der Waals surface area contributed by atoms with Crippen LogP contribution in [0.5, 0.6) is 0 Å². The van der Waals surface area contributed by atoms with Crippen LogP contribution in [0.1, 0.15) is 43.2 Å². The van der Waals surface area contributed by atoms with Gasteiger partial charge in [0.1, 0.15) is 11.3 Å². The number of aromatic nitrogens is 2. The Hall–Kier alpha value is -2.03. The van der Waals surface area contributed by atoms with Crippen LogP contribution in [0.2, 0.25) is 0 Å². The molecule has 0 radical (unpaired) electrons. The molecule has 0 fully saturated rings. The molecule has 0 atom stereocenters. The van der Waals surface area contributed by atoms with Gasteiger partial charge in [-0.05, 0) is 20.8 Å². The highest BCUT2D eigenvalue weighted by Crippen LogP contribution is 2.21. The fourth-order valence-electron chi connectivity index (χ4n) is 2.10. The second kappa shape index (κ2) is 5.88. The van der Waals surface area contributed by atoms with Gasteiger partial charge in [-0.1, -0.05) is 0 Å². The lowest BCUT2D eigenvalue weighted by molar-refractivity contribution is -0.155. The first kappa shape index (κ1) is 17.3. The molecule has 1 aromatic rings. The van der Waals surface area contributed by atoms with E-state index in [1.807, 2.05) is 0 Å². The summed E-state index contributed by atoms with van der Waals surface area (Å²) in [5.74, 6) is -0.806. The molecule has 1 aliphatic rings. The molecule has 0 bridgehead atoms. The molecule has 0 spiro atoms. The lowest BCUT2D eigenvalue weighted by atomic mass is 10.2. The van der Waals surface area contributed by atoms with Crippen LogP contribution >= 0.6 is 0 Å². The number of rotatable bonds is 4. The van der Waals surface area contributed by atoms with Crippen molar-refractivity contribution < 1.29 is 22.7 Å². The van der Waals surface area contributed by atoms with Crippen molar-refractivity contribution in [3.05, 3.63) is 17.5 Å². The van der Waals surface area contributed by atoms with Crippen LogP contribution in [-0.4, -0.2) is 53.6 Å². The SMILES string of the molecule is CC(C)(C)OC(=O)CCN1Cc2cnc(S(C)(=O)=O)nc2C1=O. The van der Waals surface area contributed by atoms with Crippen molar-refractivity contribution in [1.82, 2.24) is 14.9 Å². The summed E-state index contributed by atoms with van der Waals surface area (Å²) in [6.07, 6.45) is 2.38. The Balaban J connectivity index is 2.06. The molecule has 126 valence electrons. The molecule has 0 aliphatic carbocycles. The standard InChI is InChI=1S/C14H19N3O5S/c1-14(2,3)22-10(18)5-6-17-8-9-7-15-13(23(4,20)21)16-11(9)12(17)19/h7H,5-6,8H2,1-4H3. The third-order valence-electron chi connectivity index (χ3n) is 3.03. The molecule has 9 heteroatoms. The highest BCUT2D eigenvalue weighted by molar-refractivity contribution is 7.90. The Bertz CT molecular complexity index is 752. The van der Waals surface area contributed by atoms with Crippen molar-refractivity contribution in [2.24, 2.45) is 0 Å². The molecule has 1 aromatic heterocycles. The molecular formula is C14H19N3O5S. The average Bonchev–Trinajstić information content (AvgIpc) is 2.70. The van der Waals surface area contributed by atoms with E-state index >= 15 is 0 Å². The Labute approximate surface area is 134 Å². The van der Waals surface area contributed by atoms with E-state index in [-0.39, 0.29) is 30.4 Å². The molecule has 0 N–H and O–H groups in total. The molecule has 0 saturated carbocycles. The summed E-state index contributed by atoms with van der Waals surface area (Å²) in [6, 6.07) is 0. The summed E-state index contributed by atoms with van der Waals surface area (Å²) in [7, 11) is -3.58. The third-order valence-corrected chi connectivity index (χ3v) is 3.89. The summed E-state index contributed by atoms with van der Waals surface area (Å²) in [5, 5.41) is -0.376. The van der Waals surface area contributed by atoms with E-state index in [1.54, 1.807) is 20.8 Å². The Kier molecular flexibility index (Phi) is 4.43. The average molecular weight is 341 g/mol. The zero-order chi connectivity index (χ0) is 17.4. The molecule has 2 rings (SSSR count). The fraction of sp³-hybridized carbons (Fsp3) is 0.571. The van der Waals surface area contributed by atoms with Gasteiger partial charge in [-0.15, -0.1) is 0 Å². The van der Waals surface area contributed by atoms with Crippen LogP contribution in [0.25, 0.3) is 0 Å². The van der Waals surface area contributed by atoms with E-state index in [4.69, 9.17) is 4.74 Å². The van der Waals surface area contributed by atoms with Crippen LogP contribution in [-0.2, 0) is 25.9 Å². The molecule has 0 unspecified atom stereocenters. The summed E-state index contributed by atoms with van der Waals surface area (Å²) in [4.78, 5) is 33.0. The van der Waals surface area contributed by atoms with Crippen LogP contribution in [0.4, 0.5) is 0 Å². The van der Waals surface area contributed by atoms with Crippen molar-refractivity contribution in [3.63, 3.8) is 0 Å². The molecule has 1 amide bonds. The van der Waals surface area contributed by atoms with Gasteiger partial charge in [-0.25, -0.2) is 18.4 Å². The Morgan fingerprint density at radius 1 is 1.39 bits per heavy atom. The monoisotopic (exact) mass is 341 g/mol. The highest BCUT2D eigenvalue weighted by Gasteiger charge is 2.31. The van der Waals surface area contributed by atoms with Crippen molar-refractivity contribution in [2.75, 3.05) is 12.8 Å². The molecule has 1 aliphatic heterocycles. The molecule has 2 heterocycles. The zero-order valence-electron chi connectivity index (χ0n) is 13.5. The predicted molar refractivity (Wildman–Crippen MR) is 80.3 cm³/mol. The minimum atomic E-state index is -3.58.